The molecule has 15 heavy (non-hydrogen) atoms. The maximum absolute atomic E-state index is 11.0. The first-order valence-electron chi connectivity index (χ1n) is 4.42. The second kappa shape index (κ2) is 5.17. The molecule has 0 atom stereocenters. The minimum absolute atomic E-state index is 0.361. The van der Waals surface area contributed by atoms with Gasteiger partial charge in [0.05, 0.1) is 7.11 Å². The summed E-state index contributed by atoms with van der Waals surface area (Å²) < 4.78 is 10.0. The molecule has 0 aliphatic rings. The summed E-state index contributed by atoms with van der Waals surface area (Å²) in [7, 11) is 1.50. The average molecular weight is 207 g/mol. The number of carbonyl (C=O) groups is 1. The number of hydrogen-bond donors (Lipinski definition) is 1. The van der Waals surface area contributed by atoms with E-state index in [1.165, 1.54) is 7.11 Å². The third-order valence-electron chi connectivity index (χ3n) is 1.84. The molecular formula is C11H13NO3. The highest BCUT2D eigenvalue weighted by molar-refractivity contribution is 5.83. The lowest BCUT2D eigenvalue weighted by Crippen LogP contribution is -2.05. The summed E-state index contributed by atoms with van der Waals surface area (Å²) in [6, 6.07) is 5.14. The van der Waals surface area contributed by atoms with Crippen LogP contribution >= 0.6 is 0 Å². The summed E-state index contributed by atoms with van der Waals surface area (Å²) in [4.78, 5) is 11.0. The van der Waals surface area contributed by atoms with Gasteiger partial charge >= 0.3 is 5.97 Å². The molecule has 0 heterocycles. The van der Waals surface area contributed by atoms with Crippen LogP contribution in [0.25, 0.3) is 0 Å². The molecule has 1 rings (SSSR count). The minimum Gasteiger partial charge on any atom is -0.493 e. The normalized spacial score (nSPS) is 9.47. The van der Waals surface area contributed by atoms with Crippen molar-refractivity contribution >= 4 is 5.97 Å². The van der Waals surface area contributed by atoms with Gasteiger partial charge in [0.15, 0.2) is 11.5 Å². The molecule has 0 radical (unpaired) electrons. The maximum atomic E-state index is 11.0. The zero-order valence-corrected chi connectivity index (χ0v) is 8.53. The van der Waals surface area contributed by atoms with E-state index in [1.54, 1.807) is 18.2 Å². The molecule has 1 aromatic carbocycles. The molecule has 0 bridgehead atoms. The van der Waals surface area contributed by atoms with Crippen LogP contribution in [0.15, 0.2) is 30.9 Å². The Labute approximate surface area is 88.3 Å². The minimum atomic E-state index is -0.520. The standard InChI is InChI=1S/C11H13NO3/c1-3-11(13)15-9-5-4-8(7-12)6-10(9)14-2/h3-6H,1,7,12H2,2H3. The molecule has 2 N–H and O–H groups in total. The molecule has 0 aromatic heterocycles. The van der Waals surface area contributed by atoms with Crippen LogP contribution in [0.5, 0.6) is 11.5 Å². The van der Waals surface area contributed by atoms with Crippen LogP contribution in [0.3, 0.4) is 0 Å². The van der Waals surface area contributed by atoms with E-state index in [4.69, 9.17) is 15.2 Å². The number of ether oxygens (including phenoxy) is 2. The van der Waals surface area contributed by atoms with Gasteiger partial charge in [-0.25, -0.2) is 4.79 Å². The second-order valence-corrected chi connectivity index (χ2v) is 2.81. The van der Waals surface area contributed by atoms with Gasteiger partial charge in [-0.15, -0.1) is 0 Å². The Balaban J connectivity index is 2.96. The van der Waals surface area contributed by atoms with Gasteiger partial charge in [0.25, 0.3) is 0 Å². The molecule has 0 saturated carbocycles. The third-order valence-corrected chi connectivity index (χ3v) is 1.84. The molecule has 0 amide bonds. The van der Waals surface area contributed by atoms with Crippen LogP contribution in [0, 0.1) is 0 Å². The zero-order chi connectivity index (χ0) is 11.3. The van der Waals surface area contributed by atoms with Crippen molar-refractivity contribution in [3.05, 3.63) is 36.4 Å². The van der Waals surface area contributed by atoms with Crippen LogP contribution in [0.1, 0.15) is 5.56 Å². The number of rotatable bonds is 4. The molecule has 0 fully saturated rings. The maximum Gasteiger partial charge on any atom is 0.335 e. The van der Waals surface area contributed by atoms with Crippen molar-refractivity contribution in [1.29, 1.82) is 0 Å². The molecule has 0 saturated heterocycles. The summed E-state index contributed by atoms with van der Waals surface area (Å²) in [5.74, 6) is 0.321. The summed E-state index contributed by atoms with van der Waals surface area (Å²) in [6.07, 6.45) is 1.09. The smallest absolute Gasteiger partial charge is 0.335 e. The summed E-state index contributed by atoms with van der Waals surface area (Å²) in [5.41, 5.74) is 6.38. The van der Waals surface area contributed by atoms with E-state index in [-0.39, 0.29) is 0 Å². The monoisotopic (exact) mass is 207 g/mol. The first kappa shape index (κ1) is 11.3. The van der Waals surface area contributed by atoms with Crippen LogP contribution in [0.4, 0.5) is 0 Å². The van der Waals surface area contributed by atoms with Crippen molar-refractivity contribution < 1.29 is 14.3 Å². The van der Waals surface area contributed by atoms with Crippen molar-refractivity contribution in [2.24, 2.45) is 5.73 Å². The molecule has 4 heteroatoms. The molecular weight excluding hydrogens is 194 g/mol. The number of esters is 1. The number of carbonyl (C=O) groups excluding carboxylic acids is 1. The first-order chi connectivity index (χ1) is 7.21. The van der Waals surface area contributed by atoms with Crippen molar-refractivity contribution in [3.63, 3.8) is 0 Å². The Morgan fingerprint density at radius 3 is 2.80 bits per heavy atom. The van der Waals surface area contributed by atoms with E-state index in [2.05, 4.69) is 6.58 Å². The third kappa shape index (κ3) is 2.82. The van der Waals surface area contributed by atoms with E-state index < -0.39 is 5.97 Å². The SMILES string of the molecule is C=CC(=O)Oc1ccc(CN)cc1OC. The molecule has 0 aliphatic heterocycles. The molecule has 0 unspecified atom stereocenters. The lowest BCUT2D eigenvalue weighted by atomic mass is 10.2. The van der Waals surface area contributed by atoms with Crippen LogP contribution < -0.4 is 15.2 Å². The predicted octanol–water partition coefficient (Wildman–Crippen LogP) is 1.25. The van der Waals surface area contributed by atoms with Gasteiger partial charge in [-0.3, -0.25) is 0 Å². The number of methoxy groups -OCH3 is 1. The highest BCUT2D eigenvalue weighted by Crippen LogP contribution is 2.27. The topological polar surface area (TPSA) is 61.5 Å². The fraction of sp³-hybridized carbons (Fsp3) is 0.182. The molecule has 1 aromatic rings. The van der Waals surface area contributed by atoms with Gasteiger partial charge in [0.2, 0.25) is 0 Å². The zero-order valence-electron chi connectivity index (χ0n) is 8.53. The Morgan fingerprint density at radius 2 is 2.27 bits per heavy atom. The summed E-state index contributed by atoms with van der Waals surface area (Å²) >= 11 is 0. The largest absolute Gasteiger partial charge is 0.493 e. The van der Waals surface area contributed by atoms with E-state index >= 15 is 0 Å². The molecule has 0 spiro atoms. The number of nitrogens with two attached hydrogens (primary N) is 1. The van der Waals surface area contributed by atoms with E-state index in [9.17, 15) is 4.79 Å². The number of benzene rings is 1. The Hall–Kier alpha value is -1.81. The first-order valence-corrected chi connectivity index (χ1v) is 4.42. The molecule has 80 valence electrons. The van der Waals surface area contributed by atoms with Gasteiger partial charge in [-0.2, -0.15) is 0 Å². The van der Waals surface area contributed by atoms with E-state index in [0.717, 1.165) is 11.6 Å². The van der Waals surface area contributed by atoms with Gasteiger partial charge in [0.1, 0.15) is 0 Å². The van der Waals surface area contributed by atoms with Crippen LogP contribution in [-0.2, 0) is 11.3 Å². The average Bonchev–Trinajstić information content (AvgIpc) is 2.29. The van der Waals surface area contributed by atoms with Crippen LogP contribution in [0.2, 0.25) is 0 Å². The quantitative estimate of drug-likeness (QED) is 0.458. The Kier molecular flexibility index (Phi) is 3.88. The predicted molar refractivity (Wildman–Crippen MR) is 56.7 cm³/mol. The summed E-state index contributed by atoms with van der Waals surface area (Å²) in [6.45, 7) is 3.72. The Bertz CT molecular complexity index is 374. The van der Waals surface area contributed by atoms with Gasteiger partial charge in [-0.1, -0.05) is 12.6 Å². The fourth-order valence-corrected chi connectivity index (χ4v) is 1.07. The fourth-order valence-electron chi connectivity index (χ4n) is 1.07. The van der Waals surface area contributed by atoms with E-state index in [0.29, 0.717) is 18.0 Å². The molecule has 0 aliphatic carbocycles. The highest BCUT2D eigenvalue weighted by Gasteiger charge is 2.07. The van der Waals surface area contributed by atoms with Gasteiger partial charge in [-0.05, 0) is 17.7 Å². The Morgan fingerprint density at radius 1 is 1.53 bits per heavy atom. The van der Waals surface area contributed by atoms with Gasteiger partial charge < -0.3 is 15.2 Å². The van der Waals surface area contributed by atoms with Crippen molar-refractivity contribution in [2.75, 3.05) is 7.11 Å². The number of hydrogen-bond acceptors (Lipinski definition) is 4. The lowest BCUT2D eigenvalue weighted by molar-refractivity contribution is -0.129. The highest BCUT2D eigenvalue weighted by atomic mass is 16.6. The van der Waals surface area contributed by atoms with Crippen molar-refractivity contribution in [2.45, 2.75) is 6.54 Å². The summed E-state index contributed by atoms with van der Waals surface area (Å²) in [5, 5.41) is 0. The second-order valence-electron chi connectivity index (χ2n) is 2.81. The lowest BCUT2D eigenvalue weighted by Gasteiger charge is -2.08. The van der Waals surface area contributed by atoms with Crippen molar-refractivity contribution in [1.82, 2.24) is 0 Å². The van der Waals surface area contributed by atoms with Crippen LogP contribution in [-0.4, -0.2) is 13.1 Å². The van der Waals surface area contributed by atoms with Crippen molar-refractivity contribution in [3.8, 4) is 11.5 Å². The van der Waals surface area contributed by atoms with Gasteiger partial charge in [0, 0.05) is 12.6 Å². The van der Waals surface area contributed by atoms with E-state index in [1.807, 2.05) is 0 Å². The molecule has 4 nitrogen and oxygen atoms in total.